The molecule has 22 heavy (non-hydrogen) atoms. The number of nitrogens with zero attached hydrogens (tertiary/aromatic N) is 1. The van der Waals surface area contributed by atoms with Crippen LogP contribution in [0.5, 0.6) is 0 Å². The molecular formula is C18H19N3S. The van der Waals surface area contributed by atoms with Gasteiger partial charge in [-0.2, -0.15) is 0 Å². The number of hydrogen-bond donors (Lipinski definition) is 2. The summed E-state index contributed by atoms with van der Waals surface area (Å²) >= 11 is 1.94. The maximum absolute atomic E-state index is 4.44. The normalized spacial score (nSPS) is 19.5. The molecule has 0 amide bonds. The Hall–Kier alpha value is -1.94. The minimum Gasteiger partial charge on any atom is -0.355 e. The fraction of sp³-hybridized carbons (Fsp3) is 0.278. The Labute approximate surface area is 135 Å². The Kier molecular flexibility index (Phi) is 3.77. The second-order valence-electron chi connectivity index (χ2n) is 5.62. The van der Waals surface area contributed by atoms with Crippen LogP contribution in [0.15, 0.2) is 58.4 Å². The molecule has 0 radical (unpaired) electrons. The molecular weight excluding hydrogens is 290 g/mol. The molecule has 2 aromatic carbocycles. The van der Waals surface area contributed by atoms with Crippen LogP contribution in [0.1, 0.15) is 22.6 Å². The van der Waals surface area contributed by atoms with Crippen molar-refractivity contribution in [2.75, 3.05) is 19.6 Å². The van der Waals surface area contributed by atoms with Crippen LogP contribution in [-0.4, -0.2) is 25.6 Å². The Balaban J connectivity index is 1.70. The zero-order chi connectivity index (χ0) is 14.8. The fourth-order valence-electron chi connectivity index (χ4n) is 3.16. The van der Waals surface area contributed by atoms with Crippen molar-refractivity contribution in [3.05, 3.63) is 65.2 Å². The lowest BCUT2D eigenvalue weighted by molar-refractivity contribution is 0.732. The molecule has 4 rings (SSSR count). The third-order valence-corrected chi connectivity index (χ3v) is 5.39. The van der Waals surface area contributed by atoms with Gasteiger partial charge in [-0.1, -0.05) is 42.5 Å². The maximum atomic E-state index is 4.44. The summed E-state index contributed by atoms with van der Waals surface area (Å²) in [6.45, 7) is 2.69. The molecule has 112 valence electrons. The van der Waals surface area contributed by atoms with E-state index < -0.39 is 0 Å². The molecule has 2 aromatic rings. The topological polar surface area (TPSA) is 36.4 Å². The largest absolute Gasteiger partial charge is 0.355 e. The van der Waals surface area contributed by atoms with Gasteiger partial charge in [0.2, 0.25) is 0 Å². The standard InChI is InChI=1S/C18H19N3S/c1-2-6-14-13(5-1)12-22-17-8-4-3-7-15(17)16(14)11-21-18-19-9-10-20-18/h1-8,16H,9-12H2,(H2,19,20,21). The van der Waals surface area contributed by atoms with E-state index in [-0.39, 0.29) is 0 Å². The van der Waals surface area contributed by atoms with Crippen molar-refractivity contribution >= 4 is 17.7 Å². The molecule has 2 heterocycles. The number of benzene rings is 2. The maximum Gasteiger partial charge on any atom is 0.191 e. The quantitative estimate of drug-likeness (QED) is 0.895. The molecule has 2 aliphatic rings. The predicted molar refractivity (Wildman–Crippen MR) is 92.6 cm³/mol. The van der Waals surface area contributed by atoms with Gasteiger partial charge < -0.3 is 10.6 Å². The van der Waals surface area contributed by atoms with E-state index in [0.29, 0.717) is 5.92 Å². The van der Waals surface area contributed by atoms with E-state index in [1.165, 1.54) is 21.6 Å². The lowest BCUT2D eigenvalue weighted by Gasteiger charge is -2.21. The monoisotopic (exact) mass is 309 g/mol. The summed E-state index contributed by atoms with van der Waals surface area (Å²) in [5.74, 6) is 2.35. The first-order chi connectivity index (χ1) is 10.9. The van der Waals surface area contributed by atoms with Gasteiger partial charge in [-0.15, -0.1) is 11.8 Å². The van der Waals surface area contributed by atoms with E-state index in [2.05, 4.69) is 64.2 Å². The second kappa shape index (κ2) is 6.05. The molecule has 2 aliphatic heterocycles. The highest BCUT2D eigenvalue weighted by molar-refractivity contribution is 7.98. The van der Waals surface area contributed by atoms with Crippen molar-refractivity contribution in [2.24, 2.45) is 4.99 Å². The van der Waals surface area contributed by atoms with E-state index in [9.17, 15) is 0 Å². The van der Waals surface area contributed by atoms with Crippen molar-refractivity contribution in [3.63, 3.8) is 0 Å². The molecule has 3 nitrogen and oxygen atoms in total. The van der Waals surface area contributed by atoms with E-state index in [1.54, 1.807) is 0 Å². The Morgan fingerprint density at radius 2 is 1.91 bits per heavy atom. The van der Waals surface area contributed by atoms with Gasteiger partial charge in [0.05, 0.1) is 6.54 Å². The highest BCUT2D eigenvalue weighted by atomic mass is 32.2. The average molecular weight is 309 g/mol. The summed E-state index contributed by atoms with van der Waals surface area (Å²) in [5.41, 5.74) is 4.30. The summed E-state index contributed by atoms with van der Waals surface area (Å²) in [7, 11) is 0. The zero-order valence-corrected chi connectivity index (χ0v) is 13.2. The summed E-state index contributed by atoms with van der Waals surface area (Å²) in [6.07, 6.45) is 0. The van der Waals surface area contributed by atoms with Gasteiger partial charge in [0.1, 0.15) is 0 Å². The van der Waals surface area contributed by atoms with Crippen molar-refractivity contribution < 1.29 is 0 Å². The number of hydrogen-bond acceptors (Lipinski definition) is 4. The van der Waals surface area contributed by atoms with Crippen LogP contribution in [-0.2, 0) is 5.75 Å². The first-order valence-electron chi connectivity index (χ1n) is 7.73. The van der Waals surface area contributed by atoms with Gasteiger partial charge in [0.15, 0.2) is 5.96 Å². The lowest BCUT2D eigenvalue weighted by atomic mass is 9.88. The minimum absolute atomic E-state index is 0.368. The SMILES string of the molecule is c1ccc2c(c1)CSc1ccccc1C2CNC1=NCCN1. The molecule has 4 heteroatoms. The second-order valence-corrected chi connectivity index (χ2v) is 6.63. The van der Waals surface area contributed by atoms with Crippen molar-refractivity contribution in [1.82, 2.24) is 10.6 Å². The van der Waals surface area contributed by atoms with Gasteiger partial charge in [-0.05, 0) is 22.8 Å². The van der Waals surface area contributed by atoms with Gasteiger partial charge in [0.25, 0.3) is 0 Å². The van der Waals surface area contributed by atoms with Crippen LogP contribution < -0.4 is 10.6 Å². The molecule has 0 bridgehead atoms. The van der Waals surface area contributed by atoms with Gasteiger partial charge in [-0.25, -0.2) is 0 Å². The summed E-state index contributed by atoms with van der Waals surface area (Å²) < 4.78 is 0. The molecule has 0 spiro atoms. The van der Waals surface area contributed by atoms with Crippen LogP contribution in [0.3, 0.4) is 0 Å². The molecule has 1 unspecified atom stereocenters. The van der Waals surface area contributed by atoms with E-state index in [4.69, 9.17) is 0 Å². The molecule has 0 saturated carbocycles. The third-order valence-electron chi connectivity index (χ3n) is 4.26. The third kappa shape index (κ3) is 2.59. The number of guanidine groups is 1. The predicted octanol–water partition coefficient (Wildman–Crippen LogP) is 2.97. The number of nitrogens with one attached hydrogen (secondary N) is 2. The fourth-order valence-corrected chi connectivity index (χ4v) is 4.29. The minimum atomic E-state index is 0.368. The Morgan fingerprint density at radius 1 is 1.09 bits per heavy atom. The zero-order valence-electron chi connectivity index (χ0n) is 12.4. The summed E-state index contributed by atoms with van der Waals surface area (Å²) in [5, 5.41) is 6.78. The molecule has 0 aliphatic carbocycles. The molecule has 0 fully saturated rings. The van der Waals surface area contributed by atoms with Crippen molar-refractivity contribution in [3.8, 4) is 0 Å². The summed E-state index contributed by atoms with van der Waals surface area (Å²) in [6, 6.07) is 17.6. The van der Waals surface area contributed by atoms with Crippen molar-refractivity contribution in [2.45, 2.75) is 16.6 Å². The highest BCUT2D eigenvalue weighted by Crippen LogP contribution is 2.40. The molecule has 1 atom stereocenters. The first-order valence-corrected chi connectivity index (χ1v) is 8.72. The number of rotatable bonds is 2. The van der Waals surface area contributed by atoms with Crippen LogP contribution >= 0.6 is 11.8 Å². The average Bonchev–Trinajstić information content (AvgIpc) is 3.03. The van der Waals surface area contributed by atoms with E-state index in [0.717, 1.165) is 31.3 Å². The van der Waals surface area contributed by atoms with Crippen LogP contribution in [0.25, 0.3) is 0 Å². The Bertz CT molecular complexity index is 663. The molecule has 2 N–H and O–H groups in total. The lowest BCUT2D eigenvalue weighted by Crippen LogP contribution is -2.36. The Morgan fingerprint density at radius 3 is 2.77 bits per heavy atom. The van der Waals surface area contributed by atoms with E-state index >= 15 is 0 Å². The highest BCUT2D eigenvalue weighted by Gasteiger charge is 2.24. The van der Waals surface area contributed by atoms with Gasteiger partial charge >= 0.3 is 0 Å². The van der Waals surface area contributed by atoms with Crippen LogP contribution in [0.2, 0.25) is 0 Å². The van der Waals surface area contributed by atoms with Crippen molar-refractivity contribution in [1.29, 1.82) is 0 Å². The molecule has 0 saturated heterocycles. The van der Waals surface area contributed by atoms with Crippen LogP contribution in [0.4, 0.5) is 0 Å². The first kappa shape index (κ1) is 13.7. The van der Waals surface area contributed by atoms with E-state index in [1.807, 2.05) is 11.8 Å². The number of aliphatic imine (C=N–C) groups is 1. The number of thioether (sulfide) groups is 1. The summed E-state index contributed by atoms with van der Waals surface area (Å²) in [4.78, 5) is 5.84. The molecule has 0 aromatic heterocycles. The van der Waals surface area contributed by atoms with Gasteiger partial charge in [0, 0.05) is 29.7 Å². The number of fused-ring (bicyclic) bond motifs is 2. The smallest absolute Gasteiger partial charge is 0.191 e. The van der Waals surface area contributed by atoms with Gasteiger partial charge in [-0.3, -0.25) is 4.99 Å². The van der Waals surface area contributed by atoms with Crippen LogP contribution in [0, 0.1) is 0 Å².